The van der Waals surface area contributed by atoms with E-state index in [2.05, 4.69) is 20.5 Å². The molecule has 9 heteroatoms. The van der Waals surface area contributed by atoms with Crippen LogP contribution in [0.1, 0.15) is 37.9 Å². The topological polar surface area (TPSA) is 95.4 Å². The fraction of sp³-hybridized carbons (Fsp3) is 0.619. The summed E-state index contributed by atoms with van der Waals surface area (Å²) in [5, 5.41) is 16.6. The lowest BCUT2D eigenvalue weighted by Gasteiger charge is -2.34. The zero-order valence-corrected chi connectivity index (χ0v) is 20.6. The number of hydrogen-bond donors (Lipinski definition) is 3. The van der Waals surface area contributed by atoms with Crippen molar-refractivity contribution in [3.8, 4) is 11.5 Å². The van der Waals surface area contributed by atoms with Crippen LogP contribution in [0.25, 0.3) is 0 Å². The smallest absolute Gasteiger partial charge is 0.220 e. The van der Waals surface area contributed by atoms with E-state index in [1.54, 1.807) is 39.5 Å². The lowest BCUT2D eigenvalue weighted by molar-refractivity contribution is -0.121. The third-order valence-corrected chi connectivity index (χ3v) is 5.17. The highest BCUT2D eigenvalue weighted by Gasteiger charge is 2.23. The number of carbonyl (C=O) groups is 1. The van der Waals surface area contributed by atoms with Gasteiger partial charge in [-0.25, -0.2) is 0 Å². The monoisotopic (exact) mass is 534 g/mol. The van der Waals surface area contributed by atoms with Crippen LogP contribution in [0.3, 0.4) is 0 Å². The molecule has 3 N–H and O–H groups in total. The number of nitrogens with zero attached hydrogens (tertiary/aromatic N) is 2. The molecular formula is C21H35IN4O4. The number of likely N-dealkylation sites (tertiary alicyclic amines) is 1. The summed E-state index contributed by atoms with van der Waals surface area (Å²) in [6.07, 6.45) is 1.72. The van der Waals surface area contributed by atoms with Crippen LogP contribution in [0.15, 0.2) is 23.2 Å². The van der Waals surface area contributed by atoms with Crippen molar-refractivity contribution in [2.45, 2.75) is 32.3 Å². The van der Waals surface area contributed by atoms with Crippen molar-refractivity contribution in [1.82, 2.24) is 15.5 Å². The van der Waals surface area contributed by atoms with Crippen LogP contribution in [0.5, 0.6) is 11.5 Å². The summed E-state index contributed by atoms with van der Waals surface area (Å²) >= 11 is 0. The van der Waals surface area contributed by atoms with Crippen molar-refractivity contribution in [2.24, 2.45) is 10.9 Å². The van der Waals surface area contributed by atoms with Gasteiger partial charge in [0.1, 0.15) is 11.5 Å². The van der Waals surface area contributed by atoms with Crippen LogP contribution < -0.4 is 20.1 Å². The summed E-state index contributed by atoms with van der Waals surface area (Å²) in [6, 6.07) is 5.35. The highest BCUT2D eigenvalue weighted by molar-refractivity contribution is 14.0. The number of halogens is 1. The molecule has 30 heavy (non-hydrogen) atoms. The van der Waals surface area contributed by atoms with E-state index in [1.807, 2.05) is 6.92 Å². The molecule has 1 saturated heterocycles. The number of carbonyl (C=O) groups excluding carboxylic acids is 1. The van der Waals surface area contributed by atoms with Crippen LogP contribution >= 0.6 is 24.0 Å². The summed E-state index contributed by atoms with van der Waals surface area (Å²) in [5.41, 5.74) is 0.699. The quantitative estimate of drug-likeness (QED) is 0.269. The Labute approximate surface area is 196 Å². The molecule has 0 saturated carbocycles. The molecule has 1 fully saturated rings. The number of piperidine rings is 1. The van der Waals surface area contributed by atoms with Gasteiger partial charge in [0.25, 0.3) is 0 Å². The molecule has 1 atom stereocenters. The highest BCUT2D eigenvalue weighted by Crippen LogP contribution is 2.27. The molecule has 8 nitrogen and oxygen atoms in total. The maximum Gasteiger partial charge on any atom is 0.220 e. The molecule has 1 aromatic carbocycles. The van der Waals surface area contributed by atoms with Crippen LogP contribution in [0.2, 0.25) is 0 Å². The molecule has 2 rings (SSSR count). The highest BCUT2D eigenvalue weighted by atomic mass is 127. The number of rotatable bonds is 8. The van der Waals surface area contributed by atoms with Gasteiger partial charge >= 0.3 is 0 Å². The average molecular weight is 534 g/mol. The van der Waals surface area contributed by atoms with Crippen molar-refractivity contribution in [3.05, 3.63) is 23.8 Å². The van der Waals surface area contributed by atoms with E-state index in [4.69, 9.17) is 9.47 Å². The van der Waals surface area contributed by atoms with Gasteiger partial charge in [0.2, 0.25) is 5.91 Å². The van der Waals surface area contributed by atoms with Gasteiger partial charge in [0, 0.05) is 39.2 Å². The second-order valence-electron chi connectivity index (χ2n) is 7.16. The fourth-order valence-electron chi connectivity index (χ4n) is 3.44. The molecule has 1 unspecified atom stereocenters. The van der Waals surface area contributed by atoms with Crippen molar-refractivity contribution in [1.29, 1.82) is 0 Å². The number of benzene rings is 1. The number of aliphatic imine (C=N–C) groups is 1. The number of methoxy groups -OCH3 is 2. The van der Waals surface area contributed by atoms with Crippen LogP contribution in [0.4, 0.5) is 0 Å². The third-order valence-electron chi connectivity index (χ3n) is 5.17. The lowest BCUT2D eigenvalue weighted by atomic mass is 9.93. The number of guanidine groups is 1. The number of aliphatic hydroxyl groups is 1. The van der Waals surface area contributed by atoms with E-state index in [9.17, 15) is 9.90 Å². The Kier molecular flexibility index (Phi) is 11.9. The molecule has 0 aromatic heterocycles. The maximum atomic E-state index is 11.6. The third kappa shape index (κ3) is 7.82. The lowest BCUT2D eigenvalue weighted by Crippen LogP contribution is -2.46. The summed E-state index contributed by atoms with van der Waals surface area (Å²) in [6.45, 7) is 4.70. The summed E-state index contributed by atoms with van der Waals surface area (Å²) in [4.78, 5) is 18.4. The Morgan fingerprint density at radius 3 is 2.33 bits per heavy atom. The first-order valence-corrected chi connectivity index (χ1v) is 10.2. The minimum absolute atomic E-state index is 0. The van der Waals surface area contributed by atoms with Gasteiger partial charge in [0.15, 0.2) is 5.96 Å². The first-order valence-electron chi connectivity index (χ1n) is 10.2. The van der Waals surface area contributed by atoms with Crippen molar-refractivity contribution >= 4 is 35.8 Å². The Morgan fingerprint density at radius 2 is 1.83 bits per heavy atom. The summed E-state index contributed by atoms with van der Waals surface area (Å²) < 4.78 is 10.6. The fourth-order valence-corrected chi connectivity index (χ4v) is 3.44. The molecule has 1 heterocycles. The predicted molar refractivity (Wildman–Crippen MR) is 129 cm³/mol. The number of aliphatic hydroxyl groups excluding tert-OH is 1. The normalized spacial score (nSPS) is 15.8. The van der Waals surface area contributed by atoms with Crippen molar-refractivity contribution in [3.63, 3.8) is 0 Å². The molecule has 0 aliphatic carbocycles. The van der Waals surface area contributed by atoms with E-state index < -0.39 is 6.10 Å². The van der Waals surface area contributed by atoms with Crippen LogP contribution in [-0.2, 0) is 4.79 Å². The van der Waals surface area contributed by atoms with Gasteiger partial charge in [0.05, 0.1) is 26.9 Å². The number of hydrogen-bond acceptors (Lipinski definition) is 5. The van der Waals surface area contributed by atoms with E-state index in [-0.39, 0.29) is 36.4 Å². The average Bonchev–Trinajstić information content (AvgIpc) is 2.76. The number of amides is 1. The molecule has 1 amide bonds. The zero-order chi connectivity index (χ0) is 21.2. The first-order chi connectivity index (χ1) is 14.0. The first kappa shape index (κ1) is 26.3. The van der Waals surface area contributed by atoms with E-state index >= 15 is 0 Å². The van der Waals surface area contributed by atoms with Gasteiger partial charge in [-0.05, 0) is 43.4 Å². The Bertz CT molecular complexity index is 671. The van der Waals surface area contributed by atoms with Crippen LogP contribution in [0, 0.1) is 5.92 Å². The molecule has 1 aliphatic rings. The Hall–Kier alpha value is -1.75. The Balaban J connectivity index is 0.00000450. The second kappa shape index (κ2) is 13.5. The van der Waals surface area contributed by atoms with E-state index in [0.29, 0.717) is 29.4 Å². The standard InChI is InChI=1S/C21H34N4O4.HI/c1-5-23-21(25-8-6-15(7-9-25)10-20(27)22-2)24-14-19(26)16-11-17(28-3)13-18(12-16)29-4;/h11-13,15,19,26H,5-10,14H2,1-4H3,(H,22,27)(H,23,24);1H. The molecule has 1 aromatic rings. The predicted octanol–water partition coefficient (Wildman–Crippen LogP) is 2.17. The second-order valence-corrected chi connectivity index (χ2v) is 7.16. The van der Waals surface area contributed by atoms with Gasteiger partial charge in [-0.15, -0.1) is 24.0 Å². The van der Waals surface area contributed by atoms with Gasteiger partial charge in [-0.2, -0.15) is 0 Å². The maximum absolute atomic E-state index is 11.6. The molecular weight excluding hydrogens is 499 g/mol. The largest absolute Gasteiger partial charge is 0.497 e. The Morgan fingerprint density at radius 1 is 1.23 bits per heavy atom. The minimum atomic E-state index is -0.765. The summed E-state index contributed by atoms with van der Waals surface area (Å²) in [5.74, 6) is 2.56. The van der Waals surface area contributed by atoms with Gasteiger partial charge in [-0.1, -0.05) is 0 Å². The van der Waals surface area contributed by atoms with Gasteiger partial charge in [-0.3, -0.25) is 9.79 Å². The zero-order valence-electron chi connectivity index (χ0n) is 18.3. The van der Waals surface area contributed by atoms with Crippen LogP contribution in [-0.4, -0.2) is 69.3 Å². The molecule has 170 valence electrons. The number of ether oxygens (including phenoxy) is 2. The van der Waals surface area contributed by atoms with E-state index in [0.717, 1.165) is 38.4 Å². The van der Waals surface area contributed by atoms with Crippen molar-refractivity contribution in [2.75, 3.05) is 47.4 Å². The van der Waals surface area contributed by atoms with Crippen molar-refractivity contribution < 1.29 is 19.4 Å². The van der Waals surface area contributed by atoms with E-state index in [1.165, 1.54) is 0 Å². The SMILES string of the molecule is CCNC(=NCC(O)c1cc(OC)cc(OC)c1)N1CCC(CC(=O)NC)CC1.I. The van der Waals surface area contributed by atoms with Gasteiger partial charge < -0.3 is 30.1 Å². The summed E-state index contributed by atoms with van der Waals surface area (Å²) in [7, 11) is 4.84. The molecule has 0 bridgehead atoms. The number of nitrogens with one attached hydrogen (secondary N) is 2. The minimum Gasteiger partial charge on any atom is -0.497 e. The molecule has 1 aliphatic heterocycles. The molecule has 0 spiro atoms. The molecule has 0 radical (unpaired) electrons.